The molecule has 2 aromatic rings. The number of rotatable bonds is 6. The summed E-state index contributed by atoms with van der Waals surface area (Å²) in [6.07, 6.45) is 0.655. The molecular formula is C20H19ClN4O4. The van der Waals surface area contributed by atoms with Crippen LogP contribution in [0.15, 0.2) is 52.8 Å². The first-order valence-electron chi connectivity index (χ1n) is 9.05. The van der Waals surface area contributed by atoms with Crippen LogP contribution in [0, 0.1) is 0 Å². The number of benzene rings is 2. The Kier molecular flexibility index (Phi) is 5.10. The zero-order valence-electron chi connectivity index (χ0n) is 15.9. The van der Waals surface area contributed by atoms with Crippen molar-refractivity contribution >= 4 is 29.1 Å². The Balaban J connectivity index is 1.49. The van der Waals surface area contributed by atoms with Gasteiger partial charge < -0.3 is 9.47 Å². The lowest BCUT2D eigenvalue weighted by molar-refractivity contribution is -0.123. The molecule has 0 aliphatic carbocycles. The van der Waals surface area contributed by atoms with Crippen LogP contribution in [-0.2, 0) is 16.0 Å². The van der Waals surface area contributed by atoms with Crippen molar-refractivity contribution in [2.24, 2.45) is 10.3 Å². The number of halogens is 1. The minimum atomic E-state index is -0.834. The minimum absolute atomic E-state index is 0.320. The van der Waals surface area contributed by atoms with Gasteiger partial charge >= 0.3 is 0 Å². The molecule has 0 unspecified atom stereocenters. The van der Waals surface area contributed by atoms with Crippen molar-refractivity contribution in [3.05, 3.63) is 53.1 Å². The summed E-state index contributed by atoms with van der Waals surface area (Å²) in [5.41, 5.74) is 1.46. The van der Waals surface area contributed by atoms with E-state index in [0.29, 0.717) is 29.4 Å². The number of carbonyl (C=O) groups excluding carboxylic acids is 2. The van der Waals surface area contributed by atoms with E-state index >= 15 is 0 Å². The highest BCUT2D eigenvalue weighted by Crippen LogP contribution is 2.35. The molecule has 2 aliphatic rings. The number of hydrogen-bond donors (Lipinski definition) is 0. The summed E-state index contributed by atoms with van der Waals surface area (Å²) >= 11 is 6.16. The normalized spacial score (nSPS) is 20.4. The molecule has 8 nitrogen and oxygen atoms in total. The van der Waals surface area contributed by atoms with Gasteiger partial charge in [0.05, 0.1) is 24.9 Å². The van der Waals surface area contributed by atoms with Gasteiger partial charge in [-0.05, 0) is 42.3 Å². The topological polar surface area (TPSA) is 83.8 Å². The second-order valence-corrected chi connectivity index (χ2v) is 7.09. The average molecular weight is 415 g/mol. The first kappa shape index (κ1) is 19.2. The number of anilines is 1. The Morgan fingerprint density at radius 3 is 2.45 bits per heavy atom. The number of amides is 2. The van der Waals surface area contributed by atoms with Gasteiger partial charge in [-0.1, -0.05) is 29.0 Å². The smallest absolute Gasteiger partial charge is 0.263 e. The third kappa shape index (κ3) is 3.40. The maximum Gasteiger partial charge on any atom is 0.263 e. The Hall–Kier alpha value is -3.13. The van der Waals surface area contributed by atoms with E-state index in [1.807, 2.05) is 24.3 Å². The molecule has 0 bridgehead atoms. The Bertz CT molecular complexity index is 979. The van der Waals surface area contributed by atoms with Crippen LogP contribution in [0.25, 0.3) is 0 Å². The first-order chi connectivity index (χ1) is 14.0. The second-order valence-electron chi connectivity index (χ2n) is 6.69. The largest absolute Gasteiger partial charge is 0.497 e. The molecule has 4 rings (SSSR count). The lowest BCUT2D eigenvalue weighted by Gasteiger charge is -2.21. The van der Waals surface area contributed by atoms with E-state index in [-0.39, 0.29) is 5.91 Å². The maximum atomic E-state index is 13.0. The summed E-state index contributed by atoms with van der Waals surface area (Å²) in [5.74, 6) is 0.480. The fourth-order valence-electron chi connectivity index (χ4n) is 3.49. The third-order valence-electron chi connectivity index (χ3n) is 5.04. The van der Waals surface area contributed by atoms with Gasteiger partial charge in [-0.3, -0.25) is 14.6 Å². The van der Waals surface area contributed by atoms with Crippen molar-refractivity contribution in [3.8, 4) is 11.5 Å². The van der Waals surface area contributed by atoms with E-state index in [1.54, 1.807) is 24.3 Å². The van der Waals surface area contributed by atoms with Crippen LogP contribution in [0.2, 0.25) is 5.02 Å². The maximum absolute atomic E-state index is 13.0. The molecule has 29 heavy (non-hydrogen) atoms. The Morgan fingerprint density at radius 2 is 1.79 bits per heavy atom. The molecule has 2 atom stereocenters. The molecule has 150 valence electrons. The molecule has 0 radical (unpaired) electrons. The molecule has 1 saturated heterocycles. The Labute approximate surface area is 172 Å². The fourth-order valence-corrected chi connectivity index (χ4v) is 3.74. The van der Waals surface area contributed by atoms with Gasteiger partial charge in [0.25, 0.3) is 11.8 Å². The van der Waals surface area contributed by atoms with Crippen LogP contribution < -0.4 is 14.4 Å². The van der Waals surface area contributed by atoms with Gasteiger partial charge in [0, 0.05) is 6.54 Å². The zero-order valence-corrected chi connectivity index (χ0v) is 16.7. The predicted octanol–water partition coefficient (Wildman–Crippen LogP) is 2.89. The molecule has 0 N–H and O–H groups in total. The second kappa shape index (κ2) is 7.71. The first-order valence-corrected chi connectivity index (χ1v) is 9.43. The molecule has 2 aromatic carbocycles. The van der Waals surface area contributed by atoms with Crippen molar-refractivity contribution < 1.29 is 19.1 Å². The number of nitrogens with zero attached hydrogens (tertiary/aromatic N) is 4. The van der Waals surface area contributed by atoms with Crippen molar-refractivity contribution in [1.29, 1.82) is 0 Å². The fraction of sp³-hybridized carbons (Fsp3) is 0.300. The van der Waals surface area contributed by atoms with Crippen LogP contribution in [0.5, 0.6) is 11.5 Å². The lowest BCUT2D eigenvalue weighted by Crippen LogP contribution is -2.40. The van der Waals surface area contributed by atoms with Crippen LogP contribution in [0.1, 0.15) is 5.56 Å². The van der Waals surface area contributed by atoms with Gasteiger partial charge in [-0.2, -0.15) is 5.11 Å². The molecule has 0 saturated carbocycles. The predicted molar refractivity (Wildman–Crippen MR) is 106 cm³/mol. The summed E-state index contributed by atoms with van der Waals surface area (Å²) < 4.78 is 10.3. The molecule has 2 heterocycles. The van der Waals surface area contributed by atoms with Crippen molar-refractivity contribution in [2.75, 3.05) is 25.7 Å². The van der Waals surface area contributed by atoms with Gasteiger partial charge in [-0.25, -0.2) is 4.90 Å². The minimum Gasteiger partial charge on any atom is -0.497 e. The highest BCUT2D eigenvalue weighted by Gasteiger charge is 2.54. The quantitative estimate of drug-likeness (QED) is 0.678. The monoisotopic (exact) mass is 414 g/mol. The number of ether oxygens (including phenoxy) is 2. The summed E-state index contributed by atoms with van der Waals surface area (Å²) in [6.45, 7) is 0.466. The van der Waals surface area contributed by atoms with Crippen LogP contribution in [0.3, 0.4) is 0 Å². The molecular weight excluding hydrogens is 396 g/mol. The van der Waals surface area contributed by atoms with Crippen LogP contribution in [0.4, 0.5) is 5.69 Å². The van der Waals surface area contributed by atoms with Crippen molar-refractivity contribution in [3.63, 3.8) is 0 Å². The molecule has 0 aromatic heterocycles. The molecule has 2 aliphatic heterocycles. The number of carbonyl (C=O) groups is 2. The summed E-state index contributed by atoms with van der Waals surface area (Å²) in [5, 5.41) is 10.0. The number of hydrogen-bond acceptors (Lipinski definition) is 7. The summed E-state index contributed by atoms with van der Waals surface area (Å²) in [4.78, 5) is 26.9. The van der Waals surface area contributed by atoms with Gasteiger partial charge in [0.2, 0.25) is 0 Å². The van der Waals surface area contributed by atoms with E-state index in [2.05, 4.69) is 10.3 Å². The van der Waals surface area contributed by atoms with Gasteiger partial charge in [0.15, 0.2) is 12.1 Å². The van der Waals surface area contributed by atoms with Crippen LogP contribution in [-0.4, -0.2) is 49.7 Å². The summed E-state index contributed by atoms with van der Waals surface area (Å²) in [6, 6.07) is 10.9. The number of methoxy groups -OCH3 is 2. The van der Waals surface area contributed by atoms with E-state index in [4.69, 9.17) is 21.1 Å². The highest BCUT2D eigenvalue weighted by atomic mass is 35.5. The Morgan fingerprint density at radius 1 is 1.03 bits per heavy atom. The van der Waals surface area contributed by atoms with Gasteiger partial charge in [-0.15, -0.1) is 0 Å². The molecule has 1 fully saturated rings. The van der Waals surface area contributed by atoms with E-state index in [9.17, 15) is 9.59 Å². The standard InChI is InChI=1S/C20H19ClN4O4/c1-28-14-6-3-12(4-7-14)9-10-24-18-17(22-23-24)19(26)25(20(18)27)13-5-8-16(29-2)15(21)11-13/h3-8,11,17-18H,9-10H2,1-2H3/t17-,18+/m0/s1. The number of imide groups is 1. The highest BCUT2D eigenvalue weighted by molar-refractivity contribution is 6.33. The van der Waals surface area contributed by atoms with Crippen molar-refractivity contribution in [1.82, 2.24) is 5.01 Å². The molecule has 2 amide bonds. The van der Waals surface area contributed by atoms with Gasteiger partial charge in [0.1, 0.15) is 11.5 Å². The number of fused-ring (bicyclic) bond motifs is 1. The third-order valence-corrected chi connectivity index (χ3v) is 5.34. The van der Waals surface area contributed by atoms with Crippen molar-refractivity contribution in [2.45, 2.75) is 18.5 Å². The molecule has 0 spiro atoms. The van der Waals surface area contributed by atoms with E-state index in [0.717, 1.165) is 16.2 Å². The van der Waals surface area contributed by atoms with Crippen LogP contribution >= 0.6 is 11.6 Å². The zero-order chi connectivity index (χ0) is 20.5. The van der Waals surface area contributed by atoms with E-state index in [1.165, 1.54) is 13.2 Å². The van der Waals surface area contributed by atoms with E-state index < -0.39 is 18.0 Å². The lowest BCUT2D eigenvalue weighted by atomic mass is 10.1. The SMILES string of the molecule is COc1ccc(CCN2N=N[C@@H]3C(=O)N(c4ccc(OC)c(Cl)c4)C(=O)[C@@H]32)cc1. The summed E-state index contributed by atoms with van der Waals surface area (Å²) in [7, 11) is 3.11. The average Bonchev–Trinajstić information content (AvgIpc) is 3.26. The molecule has 9 heteroatoms.